The van der Waals surface area contributed by atoms with Gasteiger partial charge in [0.2, 0.25) is 6.79 Å². The number of hydrogen-bond donors (Lipinski definition) is 0. The average Bonchev–Trinajstić information content (AvgIpc) is 3.31. The summed E-state index contributed by atoms with van der Waals surface area (Å²) in [7, 11) is 4.20. The van der Waals surface area contributed by atoms with Crippen LogP contribution in [0.25, 0.3) is 11.1 Å². The molecule has 0 atom stereocenters. The van der Waals surface area contributed by atoms with E-state index in [1.165, 1.54) is 0 Å². The highest BCUT2D eigenvalue weighted by Crippen LogP contribution is 2.29. The van der Waals surface area contributed by atoms with E-state index in [2.05, 4.69) is 53.5 Å². The summed E-state index contributed by atoms with van der Waals surface area (Å²) in [5.41, 5.74) is 3.92. The molecule has 0 radical (unpaired) electrons. The Labute approximate surface area is 166 Å². The maximum atomic E-state index is 5.76. The van der Waals surface area contributed by atoms with Crippen molar-refractivity contribution in [2.45, 2.75) is 12.8 Å². The Balaban J connectivity index is 1.39. The van der Waals surface area contributed by atoms with E-state index in [1.54, 1.807) is 0 Å². The van der Waals surface area contributed by atoms with Crippen LogP contribution >= 0.6 is 23.5 Å². The quantitative estimate of drug-likeness (QED) is 0.676. The first-order chi connectivity index (χ1) is 13.2. The first-order valence-corrected chi connectivity index (χ1v) is 10.3. The van der Waals surface area contributed by atoms with Crippen molar-refractivity contribution in [1.29, 1.82) is 0 Å². The summed E-state index contributed by atoms with van der Waals surface area (Å²) in [5, 5.41) is 0. The van der Waals surface area contributed by atoms with Gasteiger partial charge in [0, 0.05) is 26.2 Å². The van der Waals surface area contributed by atoms with Gasteiger partial charge >= 0.3 is 0 Å². The highest BCUT2D eigenvalue weighted by Gasteiger charge is 2.21. The van der Waals surface area contributed by atoms with Crippen LogP contribution in [0.4, 0.5) is 0 Å². The third-order valence-electron chi connectivity index (χ3n) is 4.60. The van der Waals surface area contributed by atoms with E-state index in [-0.39, 0.29) is 6.79 Å². The normalized spacial score (nSPS) is 18.9. The maximum absolute atomic E-state index is 5.76. The molecule has 0 fully saturated rings. The Morgan fingerprint density at radius 1 is 0.815 bits per heavy atom. The molecule has 0 aromatic carbocycles. The second-order valence-electron chi connectivity index (χ2n) is 6.75. The third kappa shape index (κ3) is 4.34. The molecule has 10 heteroatoms. The SMILES string of the molecule is CN1CCC=C(c2nsnc2OCOc2nsnc2C2=CCCN(C)C2)C1. The van der Waals surface area contributed by atoms with Gasteiger partial charge < -0.3 is 19.3 Å². The van der Waals surface area contributed by atoms with Crippen molar-refractivity contribution < 1.29 is 9.47 Å². The summed E-state index contributed by atoms with van der Waals surface area (Å²) in [6.07, 6.45) is 6.44. The molecule has 4 heterocycles. The molecule has 2 aromatic rings. The first kappa shape index (κ1) is 18.5. The van der Waals surface area contributed by atoms with Gasteiger partial charge in [-0.15, -0.1) is 8.75 Å². The number of nitrogens with zero attached hydrogens (tertiary/aromatic N) is 6. The topological polar surface area (TPSA) is 76.5 Å². The molecular formula is C17H22N6O2S2. The van der Waals surface area contributed by atoms with Gasteiger partial charge in [0.05, 0.1) is 23.5 Å². The minimum Gasteiger partial charge on any atom is -0.438 e. The fourth-order valence-corrected chi connectivity index (χ4v) is 4.28. The Morgan fingerprint density at radius 3 is 1.74 bits per heavy atom. The number of aromatic nitrogens is 4. The molecule has 2 aliphatic rings. The highest BCUT2D eigenvalue weighted by atomic mass is 32.1. The van der Waals surface area contributed by atoms with Gasteiger partial charge in [-0.25, -0.2) is 0 Å². The molecule has 0 N–H and O–H groups in total. The van der Waals surface area contributed by atoms with Gasteiger partial charge in [0.25, 0.3) is 11.8 Å². The smallest absolute Gasteiger partial charge is 0.256 e. The molecular weight excluding hydrogens is 384 g/mol. The summed E-state index contributed by atoms with van der Waals surface area (Å²) in [5.74, 6) is 1.03. The van der Waals surface area contributed by atoms with E-state index < -0.39 is 0 Å². The molecule has 144 valence electrons. The lowest BCUT2D eigenvalue weighted by Gasteiger charge is -2.22. The molecule has 8 nitrogen and oxygen atoms in total. The van der Waals surface area contributed by atoms with Crippen molar-refractivity contribution in [2.24, 2.45) is 0 Å². The van der Waals surface area contributed by atoms with Crippen LogP contribution in [-0.4, -0.2) is 74.4 Å². The lowest BCUT2D eigenvalue weighted by Crippen LogP contribution is -2.25. The van der Waals surface area contributed by atoms with Gasteiger partial charge in [-0.3, -0.25) is 0 Å². The minimum atomic E-state index is 0.0308. The Hall–Kier alpha value is -1.88. The standard InChI is InChI=1S/C17H22N6O2S2/c1-22-7-3-5-12(9-22)14-16(20-26-18-14)24-11-25-17-15(19-27-21-17)13-6-4-8-23(2)10-13/h5-6H,3-4,7-11H2,1-2H3. The monoisotopic (exact) mass is 406 g/mol. The fourth-order valence-electron chi connectivity index (χ4n) is 3.21. The van der Waals surface area contributed by atoms with E-state index in [9.17, 15) is 0 Å². The number of rotatable bonds is 6. The van der Waals surface area contributed by atoms with E-state index in [4.69, 9.17) is 9.47 Å². The van der Waals surface area contributed by atoms with Gasteiger partial charge in [-0.1, -0.05) is 12.2 Å². The molecule has 0 saturated carbocycles. The van der Waals surface area contributed by atoms with Crippen LogP contribution in [0.1, 0.15) is 24.2 Å². The second kappa shape index (κ2) is 8.42. The fraction of sp³-hybridized carbons (Fsp3) is 0.529. The van der Waals surface area contributed by atoms with E-state index in [1.807, 2.05) is 0 Å². The summed E-state index contributed by atoms with van der Waals surface area (Å²) in [6, 6.07) is 0. The van der Waals surface area contributed by atoms with Gasteiger partial charge in [0.15, 0.2) is 0 Å². The van der Waals surface area contributed by atoms with Crippen molar-refractivity contribution in [2.75, 3.05) is 47.1 Å². The van der Waals surface area contributed by atoms with Gasteiger partial charge in [-0.2, -0.15) is 8.75 Å². The zero-order valence-corrected chi connectivity index (χ0v) is 17.1. The van der Waals surface area contributed by atoms with Crippen molar-refractivity contribution >= 4 is 34.6 Å². The highest BCUT2D eigenvalue weighted by molar-refractivity contribution is 6.99. The minimum absolute atomic E-state index is 0.0308. The van der Waals surface area contributed by atoms with Crippen LogP contribution < -0.4 is 9.47 Å². The Kier molecular flexibility index (Phi) is 5.77. The van der Waals surface area contributed by atoms with Gasteiger partial charge in [0.1, 0.15) is 11.4 Å². The average molecular weight is 407 g/mol. The molecule has 0 bridgehead atoms. The number of ether oxygens (including phenoxy) is 2. The number of hydrogen-bond acceptors (Lipinski definition) is 10. The van der Waals surface area contributed by atoms with E-state index >= 15 is 0 Å². The van der Waals surface area contributed by atoms with Gasteiger partial charge in [-0.05, 0) is 38.1 Å². The lowest BCUT2D eigenvalue weighted by molar-refractivity contribution is 0.111. The molecule has 2 aromatic heterocycles. The molecule has 0 spiro atoms. The van der Waals surface area contributed by atoms with Crippen LogP contribution in [0.3, 0.4) is 0 Å². The summed E-state index contributed by atoms with van der Waals surface area (Å²) >= 11 is 2.31. The molecule has 0 saturated heterocycles. The Morgan fingerprint density at radius 2 is 1.30 bits per heavy atom. The summed E-state index contributed by atoms with van der Waals surface area (Å²) in [6.45, 7) is 3.86. The largest absolute Gasteiger partial charge is 0.438 e. The molecule has 0 aliphatic carbocycles. The zero-order chi connectivity index (χ0) is 18.6. The number of likely N-dealkylation sites (N-methyl/N-ethyl adjacent to an activating group) is 2. The van der Waals surface area contributed by atoms with Crippen LogP contribution in [0.5, 0.6) is 11.8 Å². The van der Waals surface area contributed by atoms with Crippen molar-refractivity contribution in [1.82, 2.24) is 27.3 Å². The summed E-state index contributed by atoms with van der Waals surface area (Å²) in [4.78, 5) is 4.52. The predicted molar refractivity (Wildman–Crippen MR) is 106 cm³/mol. The van der Waals surface area contributed by atoms with Crippen molar-refractivity contribution in [3.8, 4) is 11.8 Å². The van der Waals surface area contributed by atoms with Crippen LogP contribution in [0, 0.1) is 0 Å². The zero-order valence-electron chi connectivity index (χ0n) is 15.4. The molecule has 0 amide bonds. The van der Waals surface area contributed by atoms with Crippen LogP contribution in [0.15, 0.2) is 12.2 Å². The molecule has 27 heavy (non-hydrogen) atoms. The maximum Gasteiger partial charge on any atom is 0.256 e. The lowest BCUT2D eigenvalue weighted by atomic mass is 10.1. The predicted octanol–water partition coefficient (Wildman–Crippen LogP) is 2.24. The second-order valence-corrected chi connectivity index (χ2v) is 7.81. The summed E-state index contributed by atoms with van der Waals surface area (Å²) < 4.78 is 28.9. The molecule has 0 unspecified atom stereocenters. The first-order valence-electron chi connectivity index (χ1n) is 8.87. The van der Waals surface area contributed by atoms with E-state index in [0.29, 0.717) is 11.8 Å². The Bertz CT molecular complexity index is 778. The van der Waals surface area contributed by atoms with Crippen molar-refractivity contribution in [3.05, 3.63) is 23.5 Å². The van der Waals surface area contributed by atoms with Crippen LogP contribution in [-0.2, 0) is 0 Å². The molecule has 2 aliphatic heterocycles. The van der Waals surface area contributed by atoms with E-state index in [0.717, 1.165) is 85.0 Å². The van der Waals surface area contributed by atoms with Crippen LogP contribution in [0.2, 0.25) is 0 Å². The molecule has 4 rings (SSSR count). The van der Waals surface area contributed by atoms with Crippen molar-refractivity contribution in [3.63, 3.8) is 0 Å². The third-order valence-corrected chi connectivity index (χ3v) is 5.62.